The van der Waals surface area contributed by atoms with Gasteiger partial charge in [-0.1, -0.05) is 29.4 Å². The second-order valence-electron chi connectivity index (χ2n) is 6.18. The fourth-order valence-corrected chi connectivity index (χ4v) is 5.21. The van der Waals surface area contributed by atoms with Crippen LogP contribution in [0.25, 0.3) is 10.9 Å². The summed E-state index contributed by atoms with van der Waals surface area (Å²) in [6, 6.07) is 4.84. The van der Waals surface area contributed by atoms with Gasteiger partial charge in [0, 0.05) is 22.9 Å². The molecule has 11 heteroatoms. The van der Waals surface area contributed by atoms with E-state index in [-0.39, 0.29) is 33.3 Å². The number of halogens is 1. The Balaban J connectivity index is 2.11. The third-order valence-corrected chi connectivity index (χ3v) is 6.61. The van der Waals surface area contributed by atoms with E-state index in [1.165, 1.54) is 30.5 Å². The average Bonchev–Trinajstić information content (AvgIpc) is 3.09. The number of hydrogen-bond donors (Lipinski definition) is 1. The van der Waals surface area contributed by atoms with E-state index in [9.17, 15) is 14.4 Å². The van der Waals surface area contributed by atoms with Crippen molar-refractivity contribution < 1.29 is 19.1 Å². The molecule has 2 heterocycles. The highest BCUT2D eigenvalue weighted by Gasteiger charge is 2.27. The van der Waals surface area contributed by atoms with Crippen LogP contribution in [0.4, 0.5) is 5.00 Å². The summed E-state index contributed by atoms with van der Waals surface area (Å²) in [5, 5.41) is 1.38. The summed E-state index contributed by atoms with van der Waals surface area (Å²) in [6.07, 6.45) is 1.58. The Morgan fingerprint density at radius 1 is 1.32 bits per heavy atom. The number of anilines is 1. The summed E-state index contributed by atoms with van der Waals surface area (Å²) in [6.45, 7) is 3.92. The number of nitrogen functional groups attached to an aromatic ring is 1. The lowest BCUT2D eigenvalue weighted by Crippen LogP contribution is -2.22. The van der Waals surface area contributed by atoms with Crippen molar-refractivity contribution in [2.24, 2.45) is 0 Å². The van der Waals surface area contributed by atoms with E-state index in [0.717, 1.165) is 11.3 Å². The fraction of sp³-hybridized carbons (Fsp3) is 0.200. The van der Waals surface area contributed by atoms with Gasteiger partial charge in [-0.2, -0.15) is 0 Å². The van der Waals surface area contributed by atoms with Crippen LogP contribution in [0.2, 0.25) is 5.02 Å². The molecule has 0 unspecified atom stereocenters. The Morgan fingerprint density at radius 2 is 2.03 bits per heavy atom. The van der Waals surface area contributed by atoms with Gasteiger partial charge >= 0.3 is 11.9 Å². The topological polar surface area (TPSA) is 114 Å². The molecule has 0 aliphatic carbocycles. The number of carbonyl (C=O) groups is 2. The number of aromatic nitrogens is 2. The molecule has 162 valence electrons. The average molecular weight is 480 g/mol. The monoisotopic (exact) mass is 479 g/mol. The Morgan fingerprint density at radius 3 is 2.68 bits per heavy atom. The molecule has 31 heavy (non-hydrogen) atoms. The van der Waals surface area contributed by atoms with E-state index in [0.29, 0.717) is 26.6 Å². The minimum atomic E-state index is -0.666. The molecule has 3 rings (SSSR count). The van der Waals surface area contributed by atoms with Gasteiger partial charge < -0.3 is 15.2 Å². The van der Waals surface area contributed by atoms with Crippen molar-refractivity contribution in [3.8, 4) is 0 Å². The van der Waals surface area contributed by atoms with Crippen LogP contribution in [0.15, 0.2) is 40.8 Å². The number of allylic oxidation sites excluding steroid dienone is 1. The van der Waals surface area contributed by atoms with E-state index in [1.807, 2.05) is 0 Å². The molecular weight excluding hydrogens is 462 g/mol. The minimum Gasteiger partial charge on any atom is -0.465 e. The first kappa shape index (κ1) is 22.9. The number of nitrogens with zero attached hydrogens (tertiary/aromatic N) is 2. The van der Waals surface area contributed by atoms with Crippen molar-refractivity contribution in [3.05, 3.63) is 62.2 Å². The van der Waals surface area contributed by atoms with Crippen molar-refractivity contribution in [1.82, 2.24) is 9.55 Å². The summed E-state index contributed by atoms with van der Waals surface area (Å²) < 4.78 is 11.1. The Hall–Kier alpha value is -2.82. The maximum atomic E-state index is 13.0. The van der Waals surface area contributed by atoms with E-state index in [1.54, 1.807) is 24.3 Å². The second kappa shape index (κ2) is 9.54. The smallest absolute Gasteiger partial charge is 0.348 e. The molecule has 0 atom stereocenters. The highest BCUT2D eigenvalue weighted by molar-refractivity contribution is 7.98. The van der Waals surface area contributed by atoms with Gasteiger partial charge in [0.15, 0.2) is 5.16 Å². The number of carbonyl (C=O) groups excluding carboxylic acids is 2. The normalized spacial score (nSPS) is 10.8. The third kappa shape index (κ3) is 4.46. The number of rotatable bonds is 7. The van der Waals surface area contributed by atoms with Gasteiger partial charge in [0.25, 0.3) is 5.56 Å². The summed E-state index contributed by atoms with van der Waals surface area (Å²) in [4.78, 5) is 42.2. The van der Waals surface area contributed by atoms with Crippen LogP contribution in [0, 0.1) is 0 Å². The quantitative estimate of drug-likeness (QED) is 0.236. The zero-order chi connectivity index (χ0) is 22.7. The lowest BCUT2D eigenvalue weighted by Gasteiger charge is -2.12. The predicted molar refractivity (Wildman–Crippen MR) is 122 cm³/mol. The zero-order valence-electron chi connectivity index (χ0n) is 16.6. The number of thiophene rings is 1. The third-order valence-electron chi connectivity index (χ3n) is 4.33. The van der Waals surface area contributed by atoms with Gasteiger partial charge in [-0.05, 0) is 18.2 Å². The Labute approximate surface area is 190 Å². The summed E-state index contributed by atoms with van der Waals surface area (Å²) >= 11 is 8.17. The van der Waals surface area contributed by atoms with Crippen molar-refractivity contribution in [2.75, 3.05) is 20.0 Å². The van der Waals surface area contributed by atoms with Gasteiger partial charge in [0.1, 0.15) is 9.88 Å². The molecule has 0 bridgehead atoms. The number of esters is 2. The lowest BCUT2D eigenvalue weighted by molar-refractivity contribution is 0.0601. The van der Waals surface area contributed by atoms with Gasteiger partial charge in [-0.3, -0.25) is 9.36 Å². The van der Waals surface area contributed by atoms with Crippen molar-refractivity contribution in [3.63, 3.8) is 0 Å². The van der Waals surface area contributed by atoms with Crippen LogP contribution in [0.1, 0.15) is 25.6 Å². The van der Waals surface area contributed by atoms with E-state index < -0.39 is 11.9 Å². The van der Waals surface area contributed by atoms with Crippen LogP contribution < -0.4 is 11.3 Å². The zero-order valence-corrected chi connectivity index (χ0v) is 19.0. The van der Waals surface area contributed by atoms with Gasteiger partial charge in [0.05, 0.1) is 30.7 Å². The number of nitrogens with two attached hydrogens (primary N) is 1. The van der Waals surface area contributed by atoms with Crippen molar-refractivity contribution >= 4 is 62.5 Å². The van der Waals surface area contributed by atoms with E-state index in [2.05, 4.69) is 11.6 Å². The molecule has 2 aromatic heterocycles. The fourth-order valence-electron chi connectivity index (χ4n) is 2.92. The SMILES string of the molecule is C=CCn1c(SCc2c(C(=O)OC)sc(N)c2C(=O)OC)nc2cc(Cl)ccc2c1=O. The number of thioether (sulfide) groups is 1. The maximum Gasteiger partial charge on any atom is 0.348 e. The van der Waals surface area contributed by atoms with Crippen LogP contribution in [-0.4, -0.2) is 35.7 Å². The summed E-state index contributed by atoms with van der Waals surface area (Å²) in [5.41, 5.74) is 6.61. The summed E-state index contributed by atoms with van der Waals surface area (Å²) in [5.74, 6) is -1.16. The number of hydrogen-bond acceptors (Lipinski definition) is 9. The Bertz CT molecular complexity index is 1250. The number of benzene rings is 1. The minimum absolute atomic E-state index is 0.0989. The van der Waals surface area contributed by atoms with Gasteiger partial charge in [0.2, 0.25) is 0 Å². The lowest BCUT2D eigenvalue weighted by atomic mass is 10.1. The van der Waals surface area contributed by atoms with Gasteiger partial charge in [-0.25, -0.2) is 14.6 Å². The largest absolute Gasteiger partial charge is 0.465 e. The number of ether oxygens (including phenoxy) is 2. The first-order valence-electron chi connectivity index (χ1n) is 8.83. The second-order valence-corrected chi connectivity index (χ2v) is 8.61. The molecule has 0 fully saturated rings. The first-order valence-corrected chi connectivity index (χ1v) is 11.0. The van der Waals surface area contributed by atoms with E-state index >= 15 is 0 Å². The van der Waals surface area contributed by atoms with Crippen molar-refractivity contribution in [2.45, 2.75) is 17.5 Å². The van der Waals surface area contributed by atoms with Gasteiger partial charge in [-0.15, -0.1) is 17.9 Å². The standard InChI is InChI=1S/C20H18ClN3O5S2/c1-4-7-24-17(25)11-6-5-10(21)8-13(11)23-20(24)30-9-12-14(18(26)28-2)16(22)31-15(12)19(27)29-3/h4-6,8H,1,7,9,22H2,2-3H3. The molecule has 0 radical (unpaired) electrons. The highest BCUT2D eigenvalue weighted by Crippen LogP contribution is 2.36. The number of fused-ring (bicyclic) bond motifs is 1. The molecule has 0 amide bonds. The molecule has 8 nitrogen and oxygen atoms in total. The first-order chi connectivity index (χ1) is 14.8. The van der Waals surface area contributed by atoms with Crippen LogP contribution >= 0.6 is 34.7 Å². The predicted octanol–water partition coefficient (Wildman–Crippen LogP) is 3.75. The molecule has 2 N–H and O–H groups in total. The molecule has 0 aliphatic heterocycles. The van der Waals surface area contributed by atoms with Crippen LogP contribution in [0.5, 0.6) is 0 Å². The molecule has 1 aromatic carbocycles. The maximum absolute atomic E-state index is 13.0. The molecule has 0 spiro atoms. The molecule has 0 saturated heterocycles. The molecule has 0 saturated carbocycles. The molecule has 3 aromatic rings. The molecule has 0 aliphatic rings. The van der Waals surface area contributed by atoms with Crippen LogP contribution in [0.3, 0.4) is 0 Å². The summed E-state index contributed by atoms with van der Waals surface area (Å²) in [7, 11) is 2.47. The Kier molecular flexibility index (Phi) is 7.04. The molecular formula is C20H18ClN3O5S2. The van der Waals surface area contributed by atoms with Crippen molar-refractivity contribution in [1.29, 1.82) is 0 Å². The van der Waals surface area contributed by atoms with Crippen LogP contribution in [-0.2, 0) is 21.8 Å². The van der Waals surface area contributed by atoms with E-state index in [4.69, 9.17) is 26.8 Å². The highest BCUT2D eigenvalue weighted by atomic mass is 35.5. The number of methoxy groups -OCH3 is 2.